The molecule has 1 saturated heterocycles. The zero-order chi connectivity index (χ0) is 46.5. The van der Waals surface area contributed by atoms with Crippen molar-refractivity contribution in [2.24, 2.45) is 16.7 Å². The smallest absolute Gasteiger partial charge is 0.408 e. The van der Waals surface area contributed by atoms with Crippen LogP contribution in [0.2, 0.25) is 0 Å². The first kappa shape index (κ1) is 49.1. The number of nitrogens with one attached hydrogen (secondary N) is 1. The number of hydrogen-bond acceptors (Lipinski definition) is 17. The number of aliphatic hydroxyl groups is 3. The van der Waals surface area contributed by atoms with Crippen LogP contribution in [0.25, 0.3) is 0 Å². The third-order valence-electron chi connectivity index (χ3n) is 12.5. The molecule has 5 rings (SSSR count). The van der Waals surface area contributed by atoms with Gasteiger partial charge in [0.15, 0.2) is 23.6 Å². The number of Topliss-reactive ketones (excluding diaryl/α,β-unsaturated/α-hetero) is 1. The van der Waals surface area contributed by atoms with Crippen molar-refractivity contribution in [1.29, 1.82) is 0 Å². The standard InChI is InChI=1S/C44H59NO15S2/c1-21(2)16-27(45-39(53)60-40(6,7)8)32(49)38(52)57-28-19-44(54)36(58-37(51)25-14-13-15-26(17-25)62-61-12)34-42(11,29(48)18-30-43(34,20-55-30)59-24(5)47)35(50)33(56-23(4)46)31(22(28)3)41(44,9)10/h13-17,27-30,32-34,36,48-49,54H,18-20H2,1-12H3,(H,45,53)/t27-,28-,29-,30+,32+,33+,34-,36-,42+,43-,44+/m0/s1. The molecule has 0 unspecified atom stereocenters. The second kappa shape index (κ2) is 17.9. The molecule has 11 atom stereocenters. The molecule has 0 radical (unpaired) electrons. The SMILES string of the molecule is CSSc1cccc(C(=O)O[C@H]2[C@@H]3[C@]4(OC(C)=O)CO[C@@H]4C[C@H](O)[C@@]3(C)C(=O)[C@H](OC(C)=O)C3=C(C)[C@@H](OC(=O)[C@H](O)[C@H](C=C(C)C)NC(=O)OC(C)(C)C)C[C@]2(O)C3(C)C)c1. The fourth-order valence-corrected chi connectivity index (χ4v) is 11.0. The highest BCUT2D eigenvalue weighted by atomic mass is 33.1. The van der Waals surface area contributed by atoms with Crippen molar-refractivity contribution in [2.45, 2.75) is 153 Å². The first-order valence-electron chi connectivity index (χ1n) is 20.3. The van der Waals surface area contributed by atoms with E-state index in [1.807, 2.05) is 6.26 Å². The molecule has 16 nitrogen and oxygen atoms in total. The minimum absolute atomic E-state index is 0.00807. The minimum atomic E-state index is -2.40. The van der Waals surface area contributed by atoms with Crippen molar-refractivity contribution in [1.82, 2.24) is 5.32 Å². The Morgan fingerprint density at radius 2 is 1.68 bits per heavy atom. The van der Waals surface area contributed by atoms with Gasteiger partial charge in [-0.25, -0.2) is 14.4 Å². The second-order valence-corrected chi connectivity index (χ2v) is 20.9. The van der Waals surface area contributed by atoms with Gasteiger partial charge in [0, 0.05) is 37.0 Å². The number of esters is 4. The average molecular weight is 906 g/mol. The van der Waals surface area contributed by atoms with Crippen molar-refractivity contribution in [2.75, 3.05) is 12.9 Å². The van der Waals surface area contributed by atoms with Gasteiger partial charge < -0.3 is 49.1 Å². The summed E-state index contributed by atoms with van der Waals surface area (Å²) in [5, 5.41) is 39.8. The molecule has 342 valence electrons. The van der Waals surface area contributed by atoms with Crippen LogP contribution >= 0.6 is 21.6 Å². The zero-order valence-electron chi connectivity index (χ0n) is 37.2. The molecule has 1 heterocycles. The summed E-state index contributed by atoms with van der Waals surface area (Å²) < 4.78 is 35.7. The lowest BCUT2D eigenvalue weighted by Crippen LogP contribution is -2.82. The number of ether oxygens (including phenoxy) is 6. The molecule has 4 N–H and O–H groups in total. The van der Waals surface area contributed by atoms with E-state index in [-0.39, 0.29) is 29.7 Å². The van der Waals surface area contributed by atoms with Gasteiger partial charge in [0.1, 0.15) is 29.5 Å². The Labute approximate surface area is 369 Å². The number of rotatable bonds is 11. The van der Waals surface area contributed by atoms with E-state index >= 15 is 4.79 Å². The van der Waals surface area contributed by atoms with E-state index in [4.69, 9.17) is 28.4 Å². The summed E-state index contributed by atoms with van der Waals surface area (Å²) in [6, 6.07) is 5.19. The number of benzene rings is 1. The Bertz CT molecular complexity index is 2040. The zero-order valence-corrected chi connectivity index (χ0v) is 38.8. The summed E-state index contributed by atoms with van der Waals surface area (Å²) in [4.78, 5) is 83.7. The molecule has 0 spiro atoms. The Kier molecular flexibility index (Phi) is 14.2. The number of carbonyl (C=O) groups is 6. The van der Waals surface area contributed by atoms with Gasteiger partial charge in [-0.2, -0.15) is 0 Å². The number of amides is 1. The summed E-state index contributed by atoms with van der Waals surface area (Å²) in [5.74, 6) is -6.28. The minimum Gasteiger partial charge on any atom is -0.456 e. The molecule has 2 bridgehead atoms. The lowest BCUT2D eigenvalue weighted by molar-refractivity contribution is -0.346. The maximum Gasteiger partial charge on any atom is 0.408 e. The second-order valence-electron chi connectivity index (χ2n) is 18.5. The molecule has 1 aromatic carbocycles. The van der Waals surface area contributed by atoms with Crippen molar-refractivity contribution in [3.8, 4) is 0 Å². The Morgan fingerprint density at radius 3 is 2.23 bits per heavy atom. The van der Waals surface area contributed by atoms with Gasteiger partial charge in [-0.1, -0.05) is 53.2 Å². The first-order chi connectivity index (χ1) is 28.6. The van der Waals surface area contributed by atoms with Crippen LogP contribution in [0.1, 0.15) is 99.4 Å². The van der Waals surface area contributed by atoms with E-state index in [2.05, 4.69) is 5.32 Å². The van der Waals surface area contributed by atoms with Crippen LogP contribution < -0.4 is 5.32 Å². The van der Waals surface area contributed by atoms with Crippen LogP contribution in [0.3, 0.4) is 0 Å². The number of ketones is 1. The number of fused-ring (bicyclic) bond motifs is 5. The lowest BCUT2D eigenvalue weighted by atomic mass is 9.44. The average Bonchev–Trinajstić information content (AvgIpc) is 3.14. The number of alkyl carbamates (subject to hydrolysis) is 1. The first-order valence-corrected chi connectivity index (χ1v) is 22.9. The van der Waals surface area contributed by atoms with Crippen LogP contribution in [0, 0.1) is 16.7 Å². The van der Waals surface area contributed by atoms with Gasteiger partial charge in [-0.05, 0) is 84.1 Å². The van der Waals surface area contributed by atoms with E-state index in [9.17, 15) is 39.3 Å². The normalized spacial score (nSPS) is 32.1. The van der Waals surface area contributed by atoms with Crippen LogP contribution in [0.15, 0.2) is 52.0 Å². The van der Waals surface area contributed by atoms with Gasteiger partial charge in [-0.15, -0.1) is 0 Å². The van der Waals surface area contributed by atoms with E-state index < -0.39 is 118 Å². The molecule has 1 aromatic rings. The molecule has 3 aliphatic carbocycles. The van der Waals surface area contributed by atoms with Crippen molar-refractivity contribution in [3.63, 3.8) is 0 Å². The van der Waals surface area contributed by atoms with Crippen molar-refractivity contribution in [3.05, 3.63) is 52.6 Å². The Hall–Kier alpha value is -3.94. The molecule has 2 saturated carbocycles. The molecule has 18 heteroatoms. The third kappa shape index (κ3) is 9.05. The van der Waals surface area contributed by atoms with Gasteiger partial charge in [0.2, 0.25) is 0 Å². The largest absolute Gasteiger partial charge is 0.456 e. The predicted molar refractivity (Wildman–Crippen MR) is 227 cm³/mol. The Morgan fingerprint density at radius 1 is 1.02 bits per heavy atom. The maximum atomic E-state index is 15.5. The summed E-state index contributed by atoms with van der Waals surface area (Å²) in [5.41, 5.74) is -7.97. The highest BCUT2D eigenvalue weighted by Gasteiger charge is 2.78. The maximum absolute atomic E-state index is 15.5. The highest BCUT2D eigenvalue weighted by Crippen LogP contribution is 2.64. The topological polar surface area (TPSA) is 231 Å². The number of aliphatic hydroxyl groups excluding tert-OH is 2. The third-order valence-corrected chi connectivity index (χ3v) is 14.1. The number of hydrogen-bond donors (Lipinski definition) is 4. The molecular weight excluding hydrogens is 847 g/mol. The summed E-state index contributed by atoms with van der Waals surface area (Å²) in [6.45, 7) is 16.3. The van der Waals surface area contributed by atoms with E-state index in [0.717, 1.165) is 13.8 Å². The van der Waals surface area contributed by atoms with Crippen molar-refractivity contribution >= 4 is 57.3 Å². The van der Waals surface area contributed by atoms with Crippen LogP contribution in [0.4, 0.5) is 4.79 Å². The van der Waals surface area contributed by atoms with Gasteiger partial charge in [0.25, 0.3) is 0 Å². The van der Waals surface area contributed by atoms with Gasteiger partial charge in [-0.3, -0.25) is 14.4 Å². The van der Waals surface area contributed by atoms with E-state index in [0.29, 0.717) is 10.5 Å². The summed E-state index contributed by atoms with van der Waals surface area (Å²) in [6.07, 6.45) is -8.19. The van der Waals surface area contributed by atoms with E-state index in [1.54, 1.807) is 66.7 Å². The molecule has 1 amide bonds. The molecular formula is C44H59NO15S2. The van der Waals surface area contributed by atoms with Crippen LogP contribution in [0.5, 0.6) is 0 Å². The number of carbonyl (C=O) groups excluding carboxylic acids is 6. The molecule has 3 fully saturated rings. The fraction of sp³-hybridized carbons (Fsp3) is 0.636. The molecule has 62 heavy (non-hydrogen) atoms. The molecule has 4 aliphatic rings. The van der Waals surface area contributed by atoms with Gasteiger partial charge >= 0.3 is 30.0 Å². The predicted octanol–water partition coefficient (Wildman–Crippen LogP) is 4.79. The van der Waals surface area contributed by atoms with Crippen LogP contribution in [-0.4, -0.2) is 123 Å². The summed E-state index contributed by atoms with van der Waals surface area (Å²) >= 11 is 0. The molecule has 0 aromatic heterocycles. The quantitative estimate of drug-likeness (QED) is 0.101. The number of allylic oxidation sites excluding steroid dienone is 1. The lowest BCUT2D eigenvalue weighted by Gasteiger charge is -2.67. The molecule has 1 aliphatic heterocycles. The monoisotopic (exact) mass is 905 g/mol. The summed E-state index contributed by atoms with van der Waals surface area (Å²) in [7, 11) is 2.83. The van der Waals surface area contributed by atoms with Gasteiger partial charge in [0.05, 0.1) is 35.6 Å². The van der Waals surface area contributed by atoms with Crippen molar-refractivity contribution < 1.29 is 72.5 Å². The fourth-order valence-electron chi connectivity index (χ4n) is 9.59. The Balaban J connectivity index is 1.74. The highest BCUT2D eigenvalue weighted by molar-refractivity contribution is 8.76. The van der Waals surface area contributed by atoms with Crippen LogP contribution in [-0.2, 0) is 47.6 Å². The van der Waals surface area contributed by atoms with E-state index in [1.165, 1.54) is 47.6 Å².